The van der Waals surface area contributed by atoms with Crippen molar-refractivity contribution in [2.75, 3.05) is 26.3 Å². The van der Waals surface area contributed by atoms with Crippen LogP contribution in [0.3, 0.4) is 0 Å². The van der Waals surface area contributed by atoms with Gasteiger partial charge in [0, 0.05) is 26.1 Å². The Morgan fingerprint density at radius 2 is 2.00 bits per heavy atom. The topological polar surface area (TPSA) is 72.6 Å². The van der Waals surface area contributed by atoms with Crippen LogP contribution in [0.4, 0.5) is 0 Å². The maximum atomic E-state index is 11.6. The highest BCUT2D eigenvalue weighted by molar-refractivity contribution is 5.77. The summed E-state index contributed by atoms with van der Waals surface area (Å²) in [5, 5.41) is 0. The van der Waals surface area contributed by atoms with Crippen molar-refractivity contribution in [3.05, 3.63) is 0 Å². The van der Waals surface area contributed by atoms with Crippen molar-refractivity contribution in [3.8, 4) is 0 Å². The van der Waals surface area contributed by atoms with E-state index in [2.05, 4.69) is 0 Å². The molecule has 2 N–H and O–H groups in total. The van der Waals surface area contributed by atoms with Gasteiger partial charge >= 0.3 is 0 Å². The number of amides is 2. The lowest BCUT2D eigenvalue weighted by Gasteiger charge is -2.31. The molecule has 0 unspecified atom stereocenters. The predicted molar refractivity (Wildman–Crippen MR) is 59.6 cm³/mol. The fourth-order valence-corrected chi connectivity index (χ4v) is 1.95. The highest BCUT2D eigenvalue weighted by Gasteiger charge is 2.23. The molecule has 1 saturated heterocycles. The molecule has 1 heterocycles. The molecule has 5 nitrogen and oxygen atoms in total. The van der Waals surface area contributed by atoms with Gasteiger partial charge in [-0.25, -0.2) is 0 Å². The second kappa shape index (κ2) is 6.48. The minimum Gasteiger partial charge on any atom is -0.372 e. The fraction of sp³-hybridized carbons (Fsp3) is 0.818. The summed E-state index contributed by atoms with van der Waals surface area (Å²) in [5.41, 5.74) is 5.14. The van der Waals surface area contributed by atoms with Crippen LogP contribution in [-0.2, 0) is 14.3 Å². The number of rotatable bonds is 5. The van der Waals surface area contributed by atoms with Crippen molar-refractivity contribution in [3.63, 3.8) is 0 Å². The van der Waals surface area contributed by atoms with Gasteiger partial charge in [-0.15, -0.1) is 0 Å². The summed E-state index contributed by atoms with van der Waals surface area (Å²) in [5.74, 6) is 0.132. The molecule has 0 bridgehead atoms. The van der Waals surface area contributed by atoms with Crippen LogP contribution in [0.25, 0.3) is 0 Å². The van der Waals surface area contributed by atoms with Crippen molar-refractivity contribution in [2.24, 2.45) is 11.7 Å². The first-order valence-corrected chi connectivity index (χ1v) is 5.77. The molecule has 5 heteroatoms. The van der Waals surface area contributed by atoms with Gasteiger partial charge in [-0.05, 0) is 25.7 Å². The maximum absolute atomic E-state index is 11.6. The number of carbonyl (C=O) groups excluding carboxylic acids is 2. The highest BCUT2D eigenvalue weighted by Crippen LogP contribution is 2.20. The summed E-state index contributed by atoms with van der Waals surface area (Å²) in [4.78, 5) is 24.1. The van der Waals surface area contributed by atoms with Gasteiger partial charge in [-0.1, -0.05) is 0 Å². The van der Waals surface area contributed by atoms with Crippen LogP contribution in [-0.4, -0.2) is 43.0 Å². The number of nitrogens with two attached hydrogens (primary N) is 1. The second-order valence-electron chi connectivity index (χ2n) is 4.13. The van der Waals surface area contributed by atoms with E-state index in [1.165, 1.54) is 0 Å². The minimum absolute atomic E-state index is 0.0411. The van der Waals surface area contributed by atoms with Crippen LogP contribution >= 0.6 is 0 Å². The van der Waals surface area contributed by atoms with Gasteiger partial charge < -0.3 is 15.4 Å². The van der Waals surface area contributed by atoms with E-state index in [-0.39, 0.29) is 18.4 Å². The zero-order valence-corrected chi connectivity index (χ0v) is 9.78. The van der Waals surface area contributed by atoms with Crippen LogP contribution in [0, 0.1) is 5.92 Å². The van der Waals surface area contributed by atoms with Crippen LogP contribution in [0.5, 0.6) is 0 Å². The third kappa shape index (κ3) is 4.18. The minimum atomic E-state index is -0.251. The number of hydrogen-bond acceptors (Lipinski definition) is 3. The lowest BCUT2D eigenvalue weighted by atomic mass is 9.93. The Morgan fingerprint density at radius 3 is 2.50 bits per heavy atom. The van der Waals surface area contributed by atoms with Crippen LogP contribution < -0.4 is 5.73 Å². The maximum Gasteiger partial charge on any atom is 0.248 e. The molecule has 1 fully saturated rings. The van der Waals surface area contributed by atoms with Crippen molar-refractivity contribution >= 4 is 11.8 Å². The molecule has 0 aromatic carbocycles. The third-order valence-corrected chi connectivity index (χ3v) is 2.89. The Balaban J connectivity index is 2.25. The van der Waals surface area contributed by atoms with E-state index in [1.54, 1.807) is 4.90 Å². The zero-order chi connectivity index (χ0) is 12.0. The van der Waals surface area contributed by atoms with Gasteiger partial charge in [0.2, 0.25) is 11.8 Å². The summed E-state index contributed by atoms with van der Waals surface area (Å²) >= 11 is 0. The van der Waals surface area contributed by atoms with Gasteiger partial charge in [0.25, 0.3) is 0 Å². The van der Waals surface area contributed by atoms with Gasteiger partial charge in [-0.2, -0.15) is 0 Å². The normalized spacial score (nSPS) is 17.4. The molecule has 2 amide bonds. The Bertz CT molecular complexity index is 248. The average molecular weight is 228 g/mol. The lowest BCUT2D eigenvalue weighted by molar-refractivity contribution is -0.137. The summed E-state index contributed by atoms with van der Waals surface area (Å²) in [7, 11) is 0. The average Bonchev–Trinajstić information content (AvgIpc) is 2.26. The molecule has 0 saturated carbocycles. The van der Waals surface area contributed by atoms with E-state index in [1.807, 2.05) is 6.92 Å². The summed E-state index contributed by atoms with van der Waals surface area (Å²) in [6, 6.07) is 0. The predicted octanol–water partition coefficient (Wildman–Crippen LogP) is 0.137. The number of hydrogen-bond donors (Lipinski definition) is 1. The summed E-state index contributed by atoms with van der Waals surface area (Å²) < 4.78 is 5.07. The molecule has 0 aromatic heterocycles. The SMILES string of the molecule is CCOCC(=O)N1CCC(CC(N)=O)CC1. The van der Waals surface area contributed by atoms with E-state index in [0.717, 1.165) is 12.8 Å². The van der Waals surface area contributed by atoms with Gasteiger partial charge in [-0.3, -0.25) is 9.59 Å². The Kier molecular flexibility index (Phi) is 5.25. The van der Waals surface area contributed by atoms with Crippen LogP contribution in [0.2, 0.25) is 0 Å². The number of primary amides is 1. The number of nitrogens with zero attached hydrogens (tertiary/aromatic N) is 1. The summed E-state index contributed by atoms with van der Waals surface area (Å²) in [6.45, 7) is 4.01. The first-order chi connectivity index (χ1) is 7.63. The van der Waals surface area contributed by atoms with E-state index in [0.29, 0.717) is 32.0 Å². The zero-order valence-electron chi connectivity index (χ0n) is 9.78. The molecule has 0 aliphatic carbocycles. The van der Waals surface area contributed by atoms with Crippen molar-refractivity contribution in [1.82, 2.24) is 4.90 Å². The Hall–Kier alpha value is -1.10. The smallest absolute Gasteiger partial charge is 0.248 e. The Morgan fingerprint density at radius 1 is 1.38 bits per heavy atom. The van der Waals surface area contributed by atoms with Gasteiger partial charge in [0.1, 0.15) is 6.61 Å². The molecule has 1 rings (SSSR count). The Labute approximate surface area is 95.9 Å². The monoisotopic (exact) mass is 228 g/mol. The van der Waals surface area contributed by atoms with Crippen molar-refractivity contribution in [2.45, 2.75) is 26.2 Å². The third-order valence-electron chi connectivity index (χ3n) is 2.89. The second-order valence-corrected chi connectivity index (χ2v) is 4.13. The lowest BCUT2D eigenvalue weighted by Crippen LogP contribution is -2.41. The van der Waals surface area contributed by atoms with E-state index >= 15 is 0 Å². The fourth-order valence-electron chi connectivity index (χ4n) is 1.95. The largest absolute Gasteiger partial charge is 0.372 e. The van der Waals surface area contributed by atoms with Gasteiger partial charge in [0.05, 0.1) is 0 Å². The van der Waals surface area contributed by atoms with Crippen molar-refractivity contribution in [1.29, 1.82) is 0 Å². The molecule has 0 aromatic rings. The quantitative estimate of drug-likeness (QED) is 0.727. The first kappa shape index (κ1) is 13.0. The summed E-state index contributed by atoms with van der Waals surface area (Å²) in [6.07, 6.45) is 2.16. The number of carbonyl (C=O) groups is 2. The number of ether oxygens (including phenoxy) is 1. The van der Waals surface area contributed by atoms with E-state index in [4.69, 9.17) is 10.5 Å². The first-order valence-electron chi connectivity index (χ1n) is 5.77. The molecule has 0 radical (unpaired) electrons. The molecule has 0 atom stereocenters. The molecule has 0 spiro atoms. The molecule has 1 aliphatic heterocycles. The van der Waals surface area contributed by atoms with Gasteiger partial charge in [0.15, 0.2) is 0 Å². The van der Waals surface area contributed by atoms with Crippen LogP contribution in [0.15, 0.2) is 0 Å². The molecular formula is C11H20N2O3. The molecule has 92 valence electrons. The number of piperidine rings is 1. The number of likely N-dealkylation sites (tertiary alicyclic amines) is 1. The van der Waals surface area contributed by atoms with Crippen LogP contribution in [0.1, 0.15) is 26.2 Å². The molecular weight excluding hydrogens is 208 g/mol. The van der Waals surface area contributed by atoms with E-state index in [9.17, 15) is 9.59 Å². The standard InChI is InChI=1S/C11H20N2O3/c1-2-16-8-11(15)13-5-3-9(4-6-13)7-10(12)14/h9H,2-8H2,1H3,(H2,12,14). The highest BCUT2D eigenvalue weighted by atomic mass is 16.5. The molecule has 16 heavy (non-hydrogen) atoms. The molecule has 1 aliphatic rings. The van der Waals surface area contributed by atoms with E-state index < -0.39 is 0 Å². The van der Waals surface area contributed by atoms with Crippen molar-refractivity contribution < 1.29 is 14.3 Å².